The Morgan fingerprint density at radius 1 is 0.875 bits per heavy atom. The Morgan fingerprint density at radius 3 is 2.18 bits per heavy atom. The highest BCUT2D eigenvalue weighted by Crippen LogP contribution is 2.48. The molecule has 1 aliphatic carbocycles. The van der Waals surface area contributed by atoms with Crippen molar-refractivity contribution in [2.45, 2.75) is 30.6 Å². The van der Waals surface area contributed by atoms with E-state index >= 15 is 0 Å². The van der Waals surface area contributed by atoms with Gasteiger partial charge in [0.15, 0.2) is 6.61 Å². The van der Waals surface area contributed by atoms with Gasteiger partial charge in [-0.05, 0) is 73.0 Å². The molecule has 6 N–H and O–H groups in total. The molecular formula is C36H32ClF3N10O6. The number of carbonyl (C=O) groups is 4. The SMILES string of the molecule is COC(=O)[C@H](CNC(=O)C(=O)Nc1ccc(-c2cc[nH]n2)cc1)NC(=O)c1ccc(Nc2nc(NC3(c4ccc(Cl)cc4)CC3)nc(OCC(F)(F)F)n2)cc1. The minimum atomic E-state index is -4.65. The molecule has 5 aromatic rings. The van der Waals surface area contributed by atoms with Gasteiger partial charge in [-0.1, -0.05) is 35.9 Å². The second kappa shape index (κ2) is 16.7. The lowest BCUT2D eigenvalue weighted by Gasteiger charge is -2.19. The molecule has 0 aliphatic heterocycles. The number of halogens is 4. The number of esters is 1. The van der Waals surface area contributed by atoms with Crippen LogP contribution >= 0.6 is 11.6 Å². The van der Waals surface area contributed by atoms with Crippen molar-refractivity contribution in [3.63, 3.8) is 0 Å². The van der Waals surface area contributed by atoms with Crippen LogP contribution in [0.3, 0.4) is 0 Å². The Morgan fingerprint density at radius 2 is 1.55 bits per heavy atom. The van der Waals surface area contributed by atoms with Crippen LogP contribution in [0.4, 0.5) is 36.4 Å². The fraction of sp³-hybridized carbons (Fsp3) is 0.222. The molecule has 20 heteroatoms. The van der Waals surface area contributed by atoms with Crippen LogP contribution in [-0.4, -0.2) is 81.3 Å². The molecule has 1 aliphatic rings. The minimum Gasteiger partial charge on any atom is -0.467 e. The van der Waals surface area contributed by atoms with E-state index in [1.807, 2.05) is 12.1 Å². The Kier molecular flexibility index (Phi) is 11.6. The third kappa shape index (κ3) is 10.3. The third-order valence-corrected chi connectivity index (χ3v) is 8.54. The highest BCUT2D eigenvalue weighted by Gasteiger charge is 2.45. The monoisotopic (exact) mass is 792 g/mol. The van der Waals surface area contributed by atoms with Crippen molar-refractivity contribution in [3.05, 3.63) is 101 Å². The molecular weight excluding hydrogens is 761 g/mol. The molecule has 2 aromatic heterocycles. The Hall–Kier alpha value is -6.76. The molecule has 0 radical (unpaired) electrons. The lowest BCUT2D eigenvalue weighted by Crippen LogP contribution is -2.50. The zero-order valence-corrected chi connectivity index (χ0v) is 30.0. The van der Waals surface area contributed by atoms with E-state index < -0.39 is 60.6 Å². The number of nitrogens with zero attached hydrogens (tertiary/aromatic N) is 4. The quantitative estimate of drug-likeness (QED) is 0.0666. The van der Waals surface area contributed by atoms with Gasteiger partial charge >= 0.3 is 30.0 Å². The van der Waals surface area contributed by atoms with E-state index in [2.05, 4.69) is 51.7 Å². The van der Waals surface area contributed by atoms with Crippen molar-refractivity contribution in [2.24, 2.45) is 0 Å². The maximum atomic E-state index is 13.1. The predicted octanol–water partition coefficient (Wildman–Crippen LogP) is 4.73. The van der Waals surface area contributed by atoms with Crippen LogP contribution in [0.25, 0.3) is 11.3 Å². The van der Waals surface area contributed by atoms with E-state index in [9.17, 15) is 32.3 Å². The number of hydrogen-bond acceptors (Lipinski definition) is 12. The summed E-state index contributed by atoms with van der Waals surface area (Å²) in [6.07, 6.45) is -1.58. The summed E-state index contributed by atoms with van der Waals surface area (Å²) in [5, 5.41) is 20.6. The van der Waals surface area contributed by atoms with Gasteiger partial charge in [0.2, 0.25) is 11.9 Å². The number of nitrogens with one attached hydrogen (secondary N) is 6. The van der Waals surface area contributed by atoms with E-state index in [-0.39, 0.29) is 17.5 Å². The molecule has 0 bridgehead atoms. The minimum absolute atomic E-state index is 0.0404. The molecule has 1 atom stereocenters. The van der Waals surface area contributed by atoms with Crippen LogP contribution in [0.1, 0.15) is 28.8 Å². The number of ether oxygens (including phenoxy) is 2. The number of amides is 3. The second-order valence-electron chi connectivity index (χ2n) is 12.3. The molecule has 1 fully saturated rings. The highest BCUT2D eigenvalue weighted by molar-refractivity contribution is 6.39. The summed E-state index contributed by atoms with van der Waals surface area (Å²) in [6, 6.07) is 19.2. The zero-order valence-electron chi connectivity index (χ0n) is 29.2. The largest absolute Gasteiger partial charge is 0.467 e. The molecule has 6 rings (SSSR count). The van der Waals surface area contributed by atoms with Gasteiger partial charge in [0.1, 0.15) is 6.04 Å². The van der Waals surface area contributed by atoms with Crippen molar-refractivity contribution in [1.82, 2.24) is 35.8 Å². The lowest BCUT2D eigenvalue weighted by atomic mass is 10.1. The number of methoxy groups -OCH3 is 1. The maximum Gasteiger partial charge on any atom is 0.422 e. The van der Waals surface area contributed by atoms with Gasteiger partial charge in [0.05, 0.1) is 18.3 Å². The van der Waals surface area contributed by atoms with Crippen LogP contribution in [0.5, 0.6) is 6.01 Å². The molecule has 0 spiro atoms. The van der Waals surface area contributed by atoms with Gasteiger partial charge < -0.3 is 36.1 Å². The molecule has 290 valence electrons. The first-order valence-corrected chi connectivity index (χ1v) is 17.1. The maximum absolute atomic E-state index is 13.1. The zero-order chi connectivity index (χ0) is 39.9. The van der Waals surface area contributed by atoms with Crippen molar-refractivity contribution >= 4 is 58.6 Å². The molecule has 16 nitrogen and oxygen atoms in total. The molecule has 0 saturated heterocycles. The number of hydrogen-bond donors (Lipinski definition) is 6. The molecule has 2 heterocycles. The smallest absolute Gasteiger partial charge is 0.422 e. The van der Waals surface area contributed by atoms with Crippen molar-refractivity contribution < 1.29 is 41.8 Å². The Labute approximate surface area is 321 Å². The standard InChI is InChI=1S/C36H32ClF3N10O6/c1-55-31(54)27(18-41-29(52)30(53)43-24-10-2-20(3-11-24)26-14-17-42-50-26)45-28(51)21-4-12-25(13-5-21)44-32-46-33(48-34(47-32)56-19-36(38,39)40)49-35(15-16-35)22-6-8-23(37)9-7-22/h2-14,17,27H,15-16,18-19H2,1H3,(H,41,52)(H,42,50)(H,43,53)(H,45,51)(H2,44,46,47,48,49)/t27-/m0/s1. The number of alkyl halides is 3. The van der Waals surface area contributed by atoms with E-state index in [1.165, 1.54) is 24.3 Å². The number of benzene rings is 3. The average molecular weight is 793 g/mol. The van der Waals surface area contributed by atoms with E-state index in [0.29, 0.717) is 34.9 Å². The fourth-order valence-electron chi connectivity index (χ4n) is 5.29. The number of aromatic amines is 1. The van der Waals surface area contributed by atoms with Gasteiger partial charge in [0, 0.05) is 40.3 Å². The fourth-order valence-corrected chi connectivity index (χ4v) is 5.42. The number of anilines is 4. The summed E-state index contributed by atoms with van der Waals surface area (Å²) in [5.41, 5.74) is 2.55. The average Bonchev–Trinajstić information content (AvgIpc) is 3.74. The van der Waals surface area contributed by atoms with Gasteiger partial charge in [-0.25, -0.2) is 4.79 Å². The Bertz CT molecular complexity index is 2190. The predicted molar refractivity (Wildman–Crippen MR) is 196 cm³/mol. The summed E-state index contributed by atoms with van der Waals surface area (Å²) in [5.74, 6) is -3.89. The number of H-pyrrole nitrogens is 1. The van der Waals surface area contributed by atoms with Crippen molar-refractivity contribution in [2.75, 3.05) is 36.2 Å². The number of aromatic nitrogens is 5. The summed E-state index contributed by atoms with van der Waals surface area (Å²) in [7, 11) is 1.09. The van der Waals surface area contributed by atoms with Gasteiger partial charge in [-0.3, -0.25) is 19.5 Å². The first-order chi connectivity index (χ1) is 26.8. The molecule has 56 heavy (non-hydrogen) atoms. The lowest BCUT2D eigenvalue weighted by molar-refractivity contribution is -0.154. The van der Waals surface area contributed by atoms with Crippen LogP contribution in [-0.2, 0) is 24.7 Å². The van der Waals surface area contributed by atoms with Crippen molar-refractivity contribution in [3.8, 4) is 17.3 Å². The molecule has 0 unspecified atom stereocenters. The van der Waals surface area contributed by atoms with Crippen molar-refractivity contribution in [1.29, 1.82) is 0 Å². The van der Waals surface area contributed by atoms with E-state index in [4.69, 9.17) is 21.1 Å². The first-order valence-electron chi connectivity index (χ1n) is 16.7. The summed E-state index contributed by atoms with van der Waals surface area (Å²) >= 11 is 6.03. The van der Waals surface area contributed by atoms with Crippen LogP contribution in [0, 0.1) is 0 Å². The Balaban J connectivity index is 1.07. The topological polar surface area (TPSA) is 214 Å². The van der Waals surface area contributed by atoms with E-state index in [1.54, 1.807) is 48.7 Å². The number of rotatable bonds is 14. The summed E-state index contributed by atoms with van der Waals surface area (Å²) < 4.78 is 48.5. The second-order valence-corrected chi connectivity index (χ2v) is 12.8. The number of carbonyl (C=O) groups excluding carboxylic acids is 4. The normalized spacial score (nSPS) is 13.4. The van der Waals surface area contributed by atoms with Gasteiger partial charge in [-0.15, -0.1) is 0 Å². The van der Waals surface area contributed by atoms with Crippen LogP contribution in [0.15, 0.2) is 85.1 Å². The highest BCUT2D eigenvalue weighted by atomic mass is 35.5. The van der Waals surface area contributed by atoms with Gasteiger partial charge in [-0.2, -0.15) is 33.2 Å². The van der Waals surface area contributed by atoms with Crippen LogP contribution in [0.2, 0.25) is 5.02 Å². The molecule has 1 saturated carbocycles. The van der Waals surface area contributed by atoms with E-state index in [0.717, 1.165) is 18.2 Å². The van der Waals surface area contributed by atoms with Gasteiger partial charge in [0.25, 0.3) is 5.91 Å². The summed E-state index contributed by atoms with van der Waals surface area (Å²) in [4.78, 5) is 62.9. The third-order valence-electron chi connectivity index (χ3n) is 8.28. The molecule has 3 amide bonds. The first kappa shape index (κ1) is 38.9. The summed E-state index contributed by atoms with van der Waals surface area (Å²) in [6.45, 7) is -2.11. The van der Waals surface area contributed by atoms with Crippen LogP contribution < -0.4 is 31.3 Å². The molecule has 3 aromatic carbocycles.